The molecule has 0 saturated heterocycles. The Morgan fingerprint density at radius 1 is 1.56 bits per heavy atom. The highest BCUT2D eigenvalue weighted by molar-refractivity contribution is 7.80. The van der Waals surface area contributed by atoms with Crippen LogP contribution in [0.15, 0.2) is 0 Å². The molecular weight excluding hydrogens is 220 g/mol. The molecule has 4 heteroatoms. The predicted molar refractivity (Wildman–Crippen MR) is 70.1 cm³/mol. The lowest BCUT2D eigenvalue weighted by atomic mass is 9.82. The molecular formula is C12H22N2OS. The molecule has 92 valence electrons. The molecule has 0 aromatic rings. The van der Waals surface area contributed by atoms with Gasteiger partial charge in [-0.05, 0) is 31.6 Å². The van der Waals surface area contributed by atoms with Crippen molar-refractivity contribution in [2.45, 2.75) is 39.5 Å². The third-order valence-corrected chi connectivity index (χ3v) is 3.78. The highest BCUT2D eigenvalue weighted by atomic mass is 32.1. The van der Waals surface area contributed by atoms with E-state index < -0.39 is 0 Å². The van der Waals surface area contributed by atoms with Crippen LogP contribution in [0.2, 0.25) is 0 Å². The topological polar surface area (TPSA) is 55.1 Å². The zero-order valence-corrected chi connectivity index (χ0v) is 11.0. The monoisotopic (exact) mass is 242 g/mol. The normalized spacial score (nSPS) is 27.1. The molecule has 1 amide bonds. The second-order valence-corrected chi connectivity index (χ2v) is 5.48. The Hall–Kier alpha value is -0.640. The Bertz CT molecular complexity index is 268. The van der Waals surface area contributed by atoms with Crippen LogP contribution in [0.1, 0.15) is 39.5 Å². The molecule has 0 spiro atoms. The fourth-order valence-electron chi connectivity index (χ4n) is 2.27. The summed E-state index contributed by atoms with van der Waals surface area (Å²) in [6.07, 6.45) is 5.06. The van der Waals surface area contributed by atoms with E-state index >= 15 is 0 Å². The third-order valence-electron chi connectivity index (χ3n) is 3.43. The number of carbonyl (C=O) groups is 1. The molecule has 3 N–H and O–H groups in total. The molecule has 0 aliphatic heterocycles. The maximum Gasteiger partial charge on any atom is 0.229 e. The summed E-state index contributed by atoms with van der Waals surface area (Å²) in [6, 6.07) is 0. The van der Waals surface area contributed by atoms with Crippen molar-refractivity contribution in [3.63, 3.8) is 0 Å². The Labute approximate surface area is 103 Å². The Balaban J connectivity index is 2.28. The summed E-state index contributed by atoms with van der Waals surface area (Å²) in [6.45, 7) is 4.81. The van der Waals surface area contributed by atoms with Gasteiger partial charge in [-0.1, -0.05) is 32.0 Å². The van der Waals surface area contributed by atoms with E-state index in [9.17, 15) is 4.79 Å². The highest BCUT2D eigenvalue weighted by Crippen LogP contribution is 2.27. The van der Waals surface area contributed by atoms with E-state index in [2.05, 4.69) is 12.2 Å². The predicted octanol–water partition coefficient (Wildman–Crippen LogP) is 1.85. The quantitative estimate of drug-likeness (QED) is 0.740. The summed E-state index contributed by atoms with van der Waals surface area (Å²) in [5.74, 6) is 1.04. The van der Waals surface area contributed by atoms with E-state index in [-0.39, 0.29) is 16.8 Å². The van der Waals surface area contributed by atoms with E-state index in [0.717, 1.165) is 12.5 Å². The molecule has 1 aliphatic rings. The fourth-order valence-corrected chi connectivity index (χ4v) is 2.38. The van der Waals surface area contributed by atoms with E-state index in [1.54, 1.807) is 6.92 Å². The molecule has 3 unspecified atom stereocenters. The van der Waals surface area contributed by atoms with Crippen molar-refractivity contribution in [2.75, 3.05) is 6.54 Å². The lowest BCUT2D eigenvalue weighted by Crippen LogP contribution is -2.39. The van der Waals surface area contributed by atoms with Crippen molar-refractivity contribution < 1.29 is 4.79 Å². The molecule has 0 aromatic carbocycles. The zero-order chi connectivity index (χ0) is 12.1. The van der Waals surface area contributed by atoms with Gasteiger partial charge in [0, 0.05) is 6.54 Å². The number of nitrogens with two attached hydrogens (primary N) is 1. The van der Waals surface area contributed by atoms with Gasteiger partial charge < -0.3 is 11.1 Å². The highest BCUT2D eigenvalue weighted by Gasteiger charge is 2.21. The van der Waals surface area contributed by atoms with Crippen LogP contribution in [0.3, 0.4) is 0 Å². The Morgan fingerprint density at radius 3 is 2.81 bits per heavy atom. The Kier molecular flexibility index (Phi) is 5.19. The first-order chi connectivity index (χ1) is 7.50. The van der Waals surface area contributed by atoms with Crippen LogP contribution < -0.4 is 11.1 Å². The molecule has 1 fully saturated rings. The van der Waals surface area contributed by atoms with Gasteiger partial charge in [0.1, 0.15) is 0 Å². The summed E-state index contributed by atoms with van der Waals surface area (Å²) < 4.78 is 0. The summed E-state index contributed by atoms with van der Waals surface area (Å²) in [4.78, 5) is 11.9. The number of amides is 1. The lowest BCUT2D eigenvalue weighted by Gasteiger charge is -2.27. The van der Waals surface area contributed by atoms with E-state index in [0.29, 0.717) is 5.92 Å². The summed E-state index contributed by atoms with van der Waals surface area (Å²) in [5.41, 5.74) is 5.44. The molecule has 1 aliphatic carbocycles. The van der Waals surface area contributed by atoms with Crippen molar-refractivity contribution in [1.29, 1.82) is 0 Å². The molecule has 0 aromatic heterocycles. The number of hydrogen-bond acceptors (Lipinski definition) is 2. The van der Waals surface area contributed by atoms with Crippen molar-refractivity contribution in [3.05, 3.63) is 0 Å². The van der Waals surface area contributed by atoms with Crippen LogP contribution in [0.5, 0.6) is 0 Å². The van der Waals surface area contributed by atoms with Crippen LogP contribution in [-0.4, -0.2) is 17.4 Å². The van der Waals surface area contributed by atoms with Gasteiger partial charge in [-0.15, -0.1) is 0 Å². The SMILES string of the molecule is CC1CCCC(CNC(=O)C(C)C(N)=S)C1. The molecule has 0 bridgehead atoms. The smallest absolute Gasteiger partial charge is 0.229 e. The minimum atomic E-state index is -0.351. The molecule has 16 heavy (non-hydrogen) atoms. The van der Waals surface area contributed by atoms with Gasteiger partial charge in [0.2, 0.25) is 5.91 Å². The van der Waals surface area contributed by atoms with Crippen molar-refractivity contribution in [3.8, 4) is 0 Å². The van der Waals surface area contributed by atoms with Gasteiger partial charge in [0.25, 0.3) is 0 Å². The van der Waals surface area contributed by atoms with Crippen LogP contribution in [0.4, 0.5) is 0 Å². The van der Waals surface area contributed by atoms with Gasteiger partial charge in [-0.25, -0.2) is 0 Å². The molecule has 1 rings (SSSR count). The molecule has 1 saturated carbocycles. The van der Waals surface area contributed by atoms with Gasteiger partial charge in [-0.2, -0.15) is 0 Å². The first kappa shape index (κ1) is 13.4. The standard InChI is InChI=1S/C12H22N2OS/c1-8-4-3-5-10(6-8)7-14-12(15)9(2)11(13)16/h8-10H,3-7H2,1-2H3,(H2,13,16)(H,14,15). The fraction of sp³-hybridized carbons (Fsp3) is 0.833. The van der Waals surface area contributed by atoms with E-state index in [1.165, 1.54) is 25.7 Å². The second kappa shape index (κ2) is 6.18. The van der Waals surface area contributed by atoms with E-state index in [4.69, 9.17) is 18.0 Å². The van der Waals surface area contributed by atoms with Crippen molar-refractivity contribution in [2.24, 2.45) is 23.5 Å². The first-order valence-corrected chi connectivity index (χ1v) is 6.48. The first-order valence-electron chi connectivity index (χ1n) is 6.07. The van der Waals surface area contributed by atoms with Gasteiger partial charge >= 0.3 is 0 Å². The van der Waals surface area contributed by atoms with Crippen LogP contribution >= 0.6 is 12.2 Å². The zero-order valence-electron chi connectivity index (χ0n) is 10.2. The van der Waals surface area contributed by atoms with E-state index in [1.807, 2.05) is 0 Å². The maximum absolute atomic E-state index is 11.6. The van der Waals surface area contributed by atoms with Crippen LogP contribution in [0.25, 0.3) is 0 Å². The maximum atomic E-state index is 11.6. The average Bonchev–Trinajstić information content (AvgIpc) is 2.24. The van der Waals surface area contributed by atoms with Crippen molar-refractivity contribution >= 4 is 23.1 Å². The minimum Gasteiger partial charge on any atom is -0.393 e. The number of nitrogens with one attached hydrogen (secondary N) is 1. The minimum absolute atomic E-state index is 0.0364. The number of thiocarbonyl (C=S) groups is 1. The average molecular weight is 242 g/mol. The Morgan fingerprint density at radius 2 is 2.25 bits per heavy atom. The molecule has 3 atom stereocenters. The van der Waals surface area contributed by atoms with Crippen LogP contribution in [-0.2, 0) is 4.79 Å². The number of rotatable bonds is 4. The van der Waals surface area contributed by atoms with Crippen molar-refractivity contribution in [1.82, 2.24) is 5.32 Å². The molecule has 0 heterocycles. The number of carbonyl (C=O) groups excluding carboxylic acids is 1. The number of hydrogen-bond donors (Lipinski definition) is 2. The van der Waals surface area contributed by atoms with Crippen LogP contribution in [0, 0.1) is 17.8 Å². The van der Waals surface area contributed by atoms with Gasteiger partial charge in [0.15, 0.2) is 0 Å². The lowest BCUT2D eigenvalue weighted by molar-refractivity contribution is -0.122. The molecule has 0 radical (unpaired) electrons. The summed E-state index contributed by atoms with van der Waals surface area (Å²) >= 11 is 4.80. The summed E-state index contributed by atoms with van der Waals surface area (Å²) in [7, 11) is 0. The third kappa shape index (κ3) is 4.08. The van der Waals surface area contributed by atoms with Gasteiger partial charge in [0.05, 0.1) is 10.9 Å². The van der Waals surface area contributed by atoms with Gasteiger partial charge in [-0.3, -0.25) is 4.79 Å². The summed E-state index contributed by atoms with van der Waals surface area (Å²) in [5, 5.41) is 2.95. The largest absolute Gasteiger partial charge is 0.393 e. The molecule has 3 nitrogen and oxygen atoms in total. The second-order valence-electron chi connectivity index (χ2n) is 5.01.